The second-order valence-corrected chi connectivity index (χ2v) is 23.5. The third kappa shape index (κ3) is 9.11. The lowest BCUT2D eigenvalue weighted by Gasteiger charge is -2.15. The van der Waals surface area contributed by atoms with Gasteiger partial charge in [0, 0.05) is 65.8 Å². The third-order valence-electron chi connectivity index (χ3n) is 18.3. The largest absolute Gasteiger partial charge is 0.309 e. The first kappa shape index (κ1) is 53.8. The molecule has 18 rings (SSSR count). The number of para-hydroxylation sites is 4. The molecule has 0 spiro atoms. The minimum absolute atomic E-state index is 0.0150. The highest BCUT2D eigenvalue weighted by Gasteiger charge is 2.19. The number of rotatable bonds is 8. The molecule has 0 fully saturated rings. The Bertz CT molecular complexity index is 5950. The number of hydrogen-bond acceptors (Lipinski definition) is 2. The van der Waals surface area contributed by atoms with Crippen LogP contribution in [0.1, 0.15) is 0 Å². The van der Waals surface area contributed by atoms with E-state index in [0.717, 1.165) is 99.8 Å². The minimum Gasteiger partial charge on any atom is -0.309 e. The van der Waals surface area contributed by atoms with Gasteiger partial charge in [-0.1, -0.05) is 224 Å². The van der Waals surface area contributed by atoms with Crippen molar-refractivity contribution in [2.24, 2.45) is 0 Å². The van der Waals surface area contributed by atoms with Crippen LogP contribution < -0.4 is 11.1 Å². The van der Waals surface area contributed by atoms with Gasteiger partial charge in [0.05, 0.1) is 33.1 Å². The summed E-state index contributed by atoms with van der Waals surface area (Å²) in [6, 6.07) is 118. The average molecular weight is 1180 g/mol. The van der Waals surface area contributed by atoms with E-state index in [4.69, 9.17) is 0 Å². The van der Waals surface area contributed by atoms with Gasteiger partial charge in [0.2, 0.25) is 0 Å². The lowest BCUT2D eigenvalue weighted by molar-refractivity contribution is 1.06. The van der Waals surface area contributed by atoms with Crippen LogP contribution in [0, 0.1) is 0 Å². The van der Waals surface area contributed by atoms with Gasteiger partial charge >= 0.3 is 0 Å². The Morgan fingerprint density at radius 3 is 0.761 bits per heavy atom. The van der Waals surface area contributed by atoms with Crippen molar-refractivity contribution in [1.29, 1.82) is 0 Å². The van der Waals surface area contributed by atoms with E-state index in [-0.39, 0.29) is 11.1 Å². The molecule has 4 heterocycles. The summed E-state index contributed by atoms with van der Waals surface area (Å²) in [6.07, 6.45) is 0. The van der Waals surface area contributed by atoms with Crippen LogP contribution in [0.25, 0.3) is 154 Å². The summed E-state index contributed by atoms with van der Waals surface area (Å²) in [5.74, 6) is 0. The first-order valence-corrected chi connectivity index (χ1v) is 31.1. The van der Waals surface area contributed by atoms with Gasteiger partial charge in [-0.25, -0.2) is 0 Å². The van der Waals surface area contributed by atoms with Crippen molar-refractivity contribution in [1.82, 2.24) is 18.3 Å². The van der Waals surface area contributed by atoms with E-state index < -0.39 is 0 Å². The fourth-order valence-electron chi connectivity index (χ4n) is 13.9. The van der Waals surface area contributed by atoms with Crippen LogP contribution in [0.5, 0.6) is 0 Å². The van der Waals surface area contributed by atoms with Crippen LogP contribution in [0.3, 0.4) is 0 Å². The molecule has 6 heteroatoms. The highest BCUT2D eigenvalue weighted by atomic mass is 16.1. The molecule has 0 aliphatic carbocycles. The molecule has 0 amide bonds. The molecule has 0 unspecified atom stereocenters. The van der Waals surface area contributed by atoms with E-state index in [0.29, 0.717) is 10.8 Å². The quantitative estimate of drug-likeness (QED) is 0.142. The average Bonchev–Trinajstić information content (AvgIpc) is 1.07. The van der Waals surface area contributed by atoms with E-state index in [1.807, 2.05) is 69.8 Å². The lowest BCUT2D eigenvalue weighted by Crippen LogP contribution is -2.19. The molecule has 0 radical (unpaired) electrons. The summed E-state index contributed by atoms with van der Waals surface area (Å²) in [5.41, 5.74) is 19.5. The molecule has 0 aliphatic rings. The van der Waals surface area contributed by atoms with Crippen molar-refractivity contribution in [2.75, 3.05) is 0 Å². The van der Waals surface area contributed by atoms with Crippen LogP contribution in [0.2, 0.25) is 0 Å². The zero-order valence-corrected chi connectivity index (χ0v) is 49.9. The van der Waals surface area contributed by atoms with E-state index in [9.17, 15) is 9.59 Å². The van der Waals surface area contributed by atoms with Gasteiger partial charge in [0.1, 0.15) is 0 Å². The maximum atomic E-state index is 14.0. The number of fused-ring (bicyclic) bond motifs is 12. The smallest absolute Gasteiger partial charge is 0.263 e. The molecule has 0 atom stereocenters. The van der Waals surface area contributed by atoms with E-state index in [2.05, 4.69) is 288 Å². The molecule has 18 aromatic rings. The standard InChI is InChI=1S/2C43H28N2O/c46-43-37-17-8-7-15-35(37)38-27-31(29-11-3-1-4-12-29)22-26-42(38)45(43)34-23-19-30(20-24-34)32-21-25-41-39(28-32)36-16-9-10-18-40(36)44(41)33-13-5-2-6-14-33;46-43-38-15-5-4-12-35(38)39-28-32(29-10-2-1-3-11-29)22-27-42(39)45(43)34-25-20-31(21-26-34)30-18-23-33(24-19-30)44-40-16-8-6-13-36(40)37-14-7-9-17-41(37)44/h2*1-28H. The van der Waals surface area contributed by atoms with Gasteiger partial charge < -0.3 is 9.13 Å². The first-order valence-electron chi connectivity index (χ1n) is 31.1. The number of pyridine rings is 2. The topological polar surface area (TPSA) is 53.9 Å². The van der Waals surface area contributed by atoms with Crippen LogP contribution in [-0.2, 0) is 0 Å². The van der Waals surface area contributed by atoms with Crippen molar-refractivity contribution >= 4 is 87.0 Å². The van der Waals surface area contributed by atoms with Gasteiger partial charge in [0.15, 0.2) is 0 Å². The summed E-state index contributed by atoms with van der Waals surface area (Å²) in [7, 11) is 0. The Morgan fingerprint density at radius 1 is 0.152 bits per heavy atom. The lowest BCUT2D eigenvalue weighted by atomic mass is 9.99. The van der Waals surface area contributed by atoms with E-state index in [1.54, 1.807) is 0 Å². The fraction of sp³-hybridized carbons (Fsp3) is 0. The summed E-state index contributed by atoms with van der Waals surface area (Å²) >= 11 is 0. The minimum atomic E-state index is -0.0153. The number of nitrogens with zero attached hydrogens (tertiary/aromatic N) is 4. The molecule has 0 saturated carbocycles. The van der Waals surface area contributed by atoms with E-state index in [1.165, 1.54) is 43.6 Å². The molecule has 0 bridgehead atoms. The van der Waals surface area contributed by atoms with E-state index >= 15 is 0 Å². The van der Waals surface area contributed by atoms with Gasteiger partial charge in [-0.3, -0.25) is 18.7 Å². The third-order valence-corrected chi connectivity index (χ3v) is 18.3. The Balaban J connectivity index is 0.000000141. The van der Waals surface area contributed by atoms with Gasteiger partial charge in [-0.2, -0.15) is 0 Å². The summed E-state index contributed by atoms with van der Waals surface area (Å²) in [4.78, 5) is 28.0. The molecular formula is C86H56N4O2. The molecule has 0 N–H and O–H groups in total. The second kappa shape index (κ2) is 22.3. The number of benzene rings is 14. The molecule has 14 aromatic carbocycles. The number of aromatic nitrogens is 4. The first-order chi connectivity index (χ1) is 45.5. The van der Waals surface area contributed by atoms with Crippen LogP contribution in [0.15, 0.2) is 349 Å². The second-order valence-electron chi connectivity index (χ2n) is 23.5. The van der Waals surface area contributed by atoms with Gasteiger partial charge in [0.25, 0.3) is 11.1 Å². The molecule has 0 aliphatic heterocycles. The van der Waals surface area contributed by atoms with Crippen molar-refractivity contribution in [3.63, 3.8) is 0 Å². The maximum absolute atomic E-state index is 14.0. The maximum Gasteiger partial charge on any atom is 0.263 e. The zero-order chi connectivity index (χ0) is 61.2. The van der Waals surface area contributed by atoms with Crippen molar-refractivity contribution in [3.05, 3.63) is 360 Å². The summed E-state index contributed by atoms with van der Waals surface area (Å²) in [5, 5.41) is 10.4. The van der Waals surface area contributed by atoms with Gasteiger partial charge in [-0.15, -0.1) is 0 Å². The normalized spacial score (nSPS) is 11.6. The highest BCUT2D eigenvalue weighted by molar-refractivity contribution is 6.12. The van der Waals surface area contributed by atoms with Crippen molar-refractivity contribution in [2.45, 2.75) is 0 Å². The zero-order valence-electron chi connectivity index (χ0n) is 49.9. The molecule has 0 saturated heterocycles. The summed E-state index contributed by atoms with van der Waals surface area (Å²) < 4.78 is 8.37. The Hall–Kier alpha value is -12.4. The highest BCUT2D eigenvalue weighted by Crippen LogP contribution is 2.38. The SMILES string of the molecule is O=c1c2ccccc2c2cc(-c3ccccc3)ccc2n1-c1ccc(-c2ccc(-n3c4ccccc4c4ccccc43)cc2)cc1.O=c1c2ccccc2c2cc(-c3ccccc3)ccc2n1-c1ccc(-c2ccc3c(c2)c2ccccc2n3-c2ccccc2)cc1. The predicted octanol–water partition coefficient (Wildman–Crippen LogP) is 21.2. The monoisotopic (exact) mass is 1180 g/mol. The molecule has 432 valence electrons. The summed E-state index contributed by atoms with van der Waals surface area (Å²) in [6.45, 7) is 0. The van der Waals surface area contributed by atoms with Crippen molar-refractivity contribution < 1.29 is 0 Å². The van der Waals surface area contributed by atoms with Crippen molar-refractivity contribution in [3.8, 4) is 67.3 Å². The van der Waals surface area contributed by atoms with Gasteiger partial charge in [-0.05, 0) is 171 Å². The Kier molecular flexibility index (Phi) is 13.1. The molecule has 6 nitrogen and oxygen atoms in total. The molecule has 4 aromatic heterocycles. The van der Waals surface area contributed by atoms with Crippen LogP contribution in [-0.4, -0.2) is 18.3 Å². The van der Waals surface area contributed by atoms with Crippen LogP contribution in [0.4, 0.5) is 0 Å². The Labute approximate surface area is 529 Å². The van der Waals surface area contributed by atoms with Crippen LogP contribution >= 0.6 is 0 Å². The molecule has 92 heavy (non-hydrogen) atoms. The Morgan fingerprint density at radius 2 is 0.380 bits per heavy atom. The molecular weight excluding hydrogens is 1120 g/mol. The number of hydrogen-bond donors (Lipinski definition) is 0. The predicted molar refractivity (Wildman–Crippen MR) is 385 cm³/mol. The fourth-order valence-corrected chi connectivity index (χ4v) is 13.9.